The molecular formula is C16H23F3N2O2. The molecule has 2 N–H and O–H groups in total. The molecule has 1 aliphatic heterocycles. The number of nitrogens with one attached hydrogen (secondary N) is 1. The second-order valence-electron chi connectivity index (χ2n) is 6.74. The van der Waals surface area contributed by atoms with Gasteiger partial charge in [0.25, 0.3) is 0 Å². The Hall–Kier alpha value is -1.47. The number of hydrogen-bond donors (Lipinski definition) is 2. The molecule has 1 unspecified atom stereocenters. The fourth-order valence-corrected chi connectivity index (χ4v) is 2.59. The quantitative estimate of drug-likeness (QED) is 0.806. The monoisotopic (exact) mass is 332 g/mol. The van der Waals surface area contributed by atoms with E-state index in [-0.39, 0.29) is 13.2 Å². The smallest absolute Gasteiger partial charge is 0.389 e. The minimum Gasteiger partial charge on any atom is -0.389 e. The van der Waals surface area contributed by atoms with Gasteiger partial charge < -0.3 is 20.1 Å². The van der Waals surface area contributed by atoms with Crippen LogP contribution in [0.5, 0.6) is 0 Å². The molecular weight excluding hydrogens is 309 g/mol. The molecule has 4 nitrogen and oxygen atoms in total. The molecule has 1 atom stereocenters. The van der Waals surface area contributed by atoms with Crippen molar-refractivity contribution < 1.29 is 23.0 Å². The Morgan fingerprint density at radius 2 is 2.04 bits per heavy atom. The fraction of sp³-hybridized carbons (Fsp3) is 0.625. The highest BCUT2D eigenvalue weighted by molar-refractivity contribution is 5.59. The van der Waals surface area contributed by atoms with Crippen molar-refractivity contribution >= 4 is 11.4 Å². The fourth-order valence-electron chi connectivity index (χ4n) is 2.59. The van der Waals surface area contributed by atoms with Gasteiger partial charge in [0, 0.05) is 31.0 Å². The predicted molar refractivity (Wildman–Crippen MR) is 83.8 cm³/mol. The van der Waals surface area contributed by atoms with Crippen LogP contribution in [-0.4, -0.2) is 50.2 Å². The number of nitrogens with zero attached hydrogens (tertiary/aromatic N) is 1. The molecule has 1 aromatic rings. The zero-order chi connectivity index (χ0) is 17.1. The van der Waals surface area contributed by atoms with E-state index in [9.17, 15) is 18.3 Å². The van der Waals surface area contributed by atoms with Gasteiger partial charge in [-0.25, -0.2) is 0 Å². The van der Waals surface area contributed by atoms with Crippen molar-refractivity contribution in [2.45, 2.75) is 26.1 Å². The van der Waals surface area contributed by atoms with Crippen molar-refractivity contribution in [1.82, 2.24) is 0 Å². The largest absolute Gasteiger partial charge is 0.411 e. The molecule has 1 aromatic carbocycles. The van der Waals surface area contributed by atoms with Crippen LogP contribution in [0.25, 0.3) is 0 Å². The summed E-state index contributed by atoms with van der Waals surface area (Å²) in [7, 11) is 0. The van der Waals surface area contributed by atoms with Crippen molar-refractivity contribution in [3.05, 3.63) is 24.3 Å². The van der Waals surface area contributed by atoms with E-state index in [0.717, 1.165) is 24.5 Å². The van der Waals surface area contributed by atoms with Crippen LogP contribution in [0.3, 0.4) is 0 Å². The summed E-state index contributed by atoms with van der Waals surface area (Å²) in [6.07, 6.45) is -5.36. The van der Waals surface area contributed by atoms with Gasteiger partial charge in [-0.15, -0.1) is 0 Å². The van der Waals surface area contributed by atoms with Gasteiger partial charge in [0.2, 0.25) is 0 Å². The molecule has 0 saturated carbocycles. The lowest BCUT2D eigenvalue weighted by Crippen LogP contribution is -2.53. The third-order valence-corrected chi connectivity index (χ3v) is 3.57. The maximum atomic E-state index is 11.9. The van der Waals surface area contributed by atoms with Gasteiger partial charge in [-0.1, -0.05) is 19.9 Å². The molecule has 130 valence electrons. The van der Waals surface area contributed by atoms with Gasteiger partial charge in [0.05, 0.1) is 12.7 Å². The zero-order valence-electron chi connectivity index (χ0n) is 13.4. The number of rotatable bonds is 7. The topological polar surface area (TPSA) is 44.7 Å². The van der Waals surface area contributed by atoms with Crippen LogP contribution < -0.4 is 10.2 Å². The molecule has 0 aliphatic carbocycles. The average molecular weight is 332 g/mol. The van der Waals surface area contributed by atoms with E-state index in [1.807, 2.05) is 24.3 Å². The molecule has 0 spiro atoms. The average Bonchev–Trinajstić information content (AvgIpc) is 2.41. The van der Waals surface area contributed by atoms with E-state index in [2.05, 4.69) is 28.8 Å². The van der Waals surface area contributed by atoms with Crippen molar-refractivity contribution in [1.29, 1.82) is 0 Å². The maximum Gasteiger partial charge on any atom is 0.411 e. The molecule has 7 heteroatoms. The summed E-state index contributed by atoms with van der Waals surface area (Å²) >= 11 is 0. The SMILES string of the molecule is CC1(C)CN(c2cccc(NCC(O)COCC(F)(F)F)c2)C1. The normalized spacial score (nSPS) is 18.4. The molecule has 23 heavy (non-hydrogen) atoms. The van der Waals surface area contributed by atoms with Gasteiger partial charge in [-0.05, 0) is 23.6 Å². The first-order valence-electron chi connectivity index (χ1n) is 7.56. The summed E-state index contributed by atoms with van der Waals surface area (Å²) < 4.78 is 40.3. The predicted octanol–water partition coefficient (Wildman–Crippen LogP) is 2.88. The number of halogens is 3. The van der Waals surface area contributed by atoms with Crippen LogP contribution in [0.15, 0.2) is 24.3 Å². The molecule has 1 saturated heterocycles. The Bertz CT molecular complexity index is 512. The lowest BCUT2D eigenvalue weighted by atomic mass is 9.84. The first-order valence-corrected chi connectivity index (χ1v) is 7.56. The number of aliphatic hydroxyl groups is 1. The van der Waals surface area contributed by atoms with Crippen LogP contribution in [0.1, 0.15) is 13.8 Å². The number of benzene rings is 1. The van der Waals surface area contributed by atoms with Gasteiger partial charge >= 0.3 is 6.18 Å². The first-order chi connectivity index (χ1) is 10.6. The van der Waals surface area contributed by atoms with Crippen molar-refractivity contribution in [3.63, 3.8) is 0 Å². The van der Waals surface area contributed by atoms with Gasteiger partial charge in [0.15, 0.2) is 0 Å². The molecule has 0 bridgehead atoms. The summed E-state index contributed by atoms with van der Waals surface area (Å²) in [5, 5.41) is 12.7. The summed E-state index contributed by atoms with van der Waals surface area (Å²) in [5.41, 5.74) is 2.24. The molecule has 0 radical (unpaired) electrons. The Kier molecular flexibility index (Phi) is 5.41. The van der Waals surface area contributed by atoms with Crippen molar-refractivity contribution in [3.8, 4) is 0 Å². The van der Waals surface area contributed by atoms with E-state index in [1.165, 1.54) is 0 Å². The van der Waals surface area contributed by atoms with Gasteiger partial charge in [0.1, 0.15) is 6.61 Å². The summed E-state index contributed by atoms with van der Waals surface area (Å²) in [5.74, 6) is 0. The van der Waals surface area contributed by atoms with Gasteiger partial charge in [-0.2, -0.15) is 13.2 Å². The highest BCUT2D eigenvalue weighted by Crippen LogP contribution is 2.34. The van der Waals surface area contributed by atoms with E-state index < -0.39 is 18.9 Å². The highest BCUT2D eigenvalue weighted by Gasteiger charge is 2.34. The second kappa shape index (κ2) is 6.97. The van der Waals surface area contributed by atoms with Gasteiger partial charge in [-0.3, -0.25) is 0 Å². The minimum absolute atomic E-state index is 0.132. The Balaban J connectivity index is 1.75. The van der Waals surface area contributed by atoms with Crippen molar-refractivity contribution in [2.24, 2.45) is 5.41 Å². The molecule has 0 amide bonds. The van der Waals surface area contributed by atoms with Crippen LogP contribution in [-0.2, 0) is 4.74 Å². The van der Waals surface area contributed by atoms with E-state index >= 15 is 0 Å². The van der Waals surface area contributed by atoms with Crippen molar-refractivity contribution in [2.75, 3.05) is 43.1 Å². The molecule has 1 fully saturated rings. The number of alkyl halides is 3. The third kappa shape index (κ3) is 5.91. The second-order valence-corrected chi connectivity index (χ2v) is 6.74. The van der Waals surface area contributed by atoms with Crippen LogP contribution in [0.2, 0.25) is 0 Å². The first kappa shape index (κ1) is 17.9. The van der Waals surface area contributed by atoms with Crippen LogP contribution in [0.4, 0.5) is 24.5 Å². The maximum absolute atomic E-state index is 11.9. The highest BCUT2D eigenvalue weighted by atomic mass is 19.4. The van der Waals surface area contributed by atoms with Crippen LogP contribution >= 0.6 is 0 Å². The third-order valence-electron chi connectivity index (χ3n) is 3.57. The number of hydrogen-bond acceptors (Lipinski definition) is 4. The molecule has 1 heterocycles. The number of anilines is 2. The standard InChI is InChI=1S/C16H23F3N2O2/c1-15(2)9-21(10-15)13-5-3-4-12(6-13)20-7-14(22)8-23-11-16(17,18)19/h3-6,14,20,22H,7-11H2,1-2H3. The molecule has 0 aromatic heterocycles. The Labute approximate surface area is 134 Å². The summed E-state index contributed by atoms with van der Waals surface area (Å²) in [6, 6.07) is 7.76. The van der Waals surface area contributed by atoms with E-state index in [4.69, 9.17) is 0 Å². The number of ether oxygens (including phenoxy) is 1. The Morgan fingerprint density at radius 3 is 2.65 bits per heavy atom. The molecule has 2 rings (SSSR count). The summed E-state index contributed by atoms with van der Waals surface area (Å²) in [4.78, 5) is 2.26. The van der Waals surface area contributed by atoms with E-state index in [0.29, 0.717) is 5.41 Å². The number of aliphatic hydroxyl groups excluding tert-OH is 1. The molecule has 1 aliphatic rings. The Morgan fingerprint density at radius 1 is 1.35 bits per heavy atom. The van der Waals surface area contributed by atoms with E-state index in [1.54, 1.807) is 0 Å². The lowest BCUT2D eigenvalue weighted by Gasteiger charge is -2.47. The minimum atomic E-state index is -4.37. The lowest BCUT2D eigenvalue weighted by molar-refractivity contribution is -0.178. The summed E-state index contributed by atoms with van der Waals surface area (Å²) in [6.45, 7) is 4.84. The van der Waals surface area contributed by atoms with Crippen LogP contribution in [0, 0.1) is 5.41 Å². The zero-order valence-corrected chi connectivity index (χ0v) is 13.4.